The number of morpholine rings is 1. The maximum absolute atomic E-state index is 12.2. The highest BCUT2D eigenvalue weighted by Crippen LogP contribution is 2.23. The number of hydrogen-bond donors (Lipinski definition) is 0. The minimum Gasteiger partial charge on any atom is -0.379 e. The van der Waals surface area contributed by atoms with E-state index in [9.17, 15) is 4.79 Å². The van der Waals surface area contributed by atoms with Crippen molar-refractivity contribution in [3.8, 4) is 6.07 Å². The topological polar surface area (TPSA) is 56.6 Å². The van der Waals surface area contributed by atoms with Crippen LogP contribution in [0, 0.1) is 16.7 Å². The Morgan fingerprint density at radius 2 is 2.00 bits per heavy atom. The standard InChI is InChI=1S/C13H21N3O2/c1-13(2,10-14)12(17)16-4-3-11(9-16)15-5-7-18-8-6-15/h11H,3-9H2,1-2H3. The molecule has 2 saturated heterocycles. The number of carbonyl (C=O) groups is 1. The minimum absolute atomic E-state index is 0.0410. The van der Waals surface area contributed by atoms with Crippen LogP contribution >= 0.6 is 0 Å². The highest BCUT2D eigenvalue weighted by molar-refractivity contribution is 5.84. The van der Waals surface area contributed by atoms with Gasteiger partial charge in [-0.25, -0.2) is 0 Å². The van der Waals surface area contributed by atoms with Crippen LogP contribution in [-0.4, -0.2) is 61.1 Å². The van der Waals surface area contributed by atoms with E-state index in [0.29, 0.717) is 6.04 Å². The Labute approximate surface area is 108 Å². The number of ether oxygens (including phenoxy) is 1. The maximum Gasteiger partial charge on any atom is 0.242 e. The summed E-state index contributed by atoms with van der Waals surface area (Å²) in [6.45, 7) is 8.38. The number of amides is 1. The number of carbonyl (C=O) groups excluding carboxylic acids is 1. The predicted molar refractivity (Wildman–Crippen MR) is 66.8 cm³/mol. The van der Waals surface area contributed by atoms with E-state index < -0.39 is 5.41 Å². The van der Waals surface area contributed by atoms with Crippen LogP contribution in [0.1, 0.15) is 20.3 Å². The van der Waals surface area contributed by atoms with Crippen molar-refractivity contribution >= 4 is 5.91 Å². The van der Waals surface area contributed by atoms with Crippen LogP contribution in [0.25, 0.3) is 0 Å². The van der Waals surface area contributed by atoms with Crippen molar-refractivity contribution in [2.24, 2.45) is 5.41 Å². The molecule has 2 heterocycles. The van der Waals surface area contributed by atoms with E-state index in [-0.39, 0.29) is 5.91 Å². The fraction of sp³-hybridized carbons (Fsp3) is 0.846. The first kappa shape index (κ1) is 13.3. The van der Waals surface area contributed by atoms with Gasteiger partial charge in [-0.05, 0) is 20.3 Å². The fourth-order valence-electron chi connectivity index (χ4n) is 2.61. The van der Waals surface area contributed by atoms with Crippen molar-refractivity contribution in [3.05, 3.63) is 0 Å². The van der Waals surface area contributed by atoms with Gasteiger partial charge < -0.3 is 9.64 Å². The molecule has 0 aliphatic carbocycles. The molecule has 5 heteroatoms. The fourth-order valence-corrected chi connectivity index (χ4v) is 2.61. The first-order valence-corrected chi connectivity index (χ1v) is 6.57. The Morgan fingerprint density at radius 1 is 1.33 bits per heavy atom. The molecular formula is C13H21N3O2. The van der Waals surface area contributed by atoms with E-state index in [4.69, 9.17) is 10.00 Å². The Hall–Kier alpha value is -1.12. The van der Waals surface area contributed by atoms with E-state index in [1.807, 2.05) is 4.90 Å². The van der Waals surface area contributed by atoms with Crippen molar-refractivity contribution in [1.29, 1.82) is 5.26 Å². The lowest BCUT2D eigenvalue weighted by Gasteiger charge is -2.32. The van der Waals surface area contributed by atoms with Crippen molar-refractivity contribution in [2.75, 3.05) is 39.4 Å². The summed E-state index contributed by atoms with van der Waals surface area (Å²) in [6.07, 6.45) is 1.01. The van der Waals surface area contributed by atoms with Crippen LogP contribution < -0.4 is 0 Å². The Bertz CT molecular complexity index is 356. The number of likely N-dealkylation sites (tertiary alicyclic amines) is 1. The van der Waals surface area contributed by atoms with E-state index >= 15 is 0 Å². The number of nitrogens with zero attached hydrogens (tertiary/aromatic N) is 3. The molecule has 0 N–H and O–H groups in total. The molecule has 0 radical (unpaired) electrons. The molecule has 2 rings (SSSR count). The number of hydrogen-bond acceptors (Lipinski definition) is 4. The van der Waals surface area contributed by atoms with Gasteiger partial charge in [-0.3, -0.25) is 9.69 Å². The average Bonchev–Trinajstić information content (AvgIpc) is 2.88. The molecule has 0 aromatic carbocycles. The smallest absolute Gasteiger partial charge is 0.242 e. The summed E-state index contributed by atoms with van der Waals surface area (Å²) in [5.41, 5.74) is -0.903. The van der Waals surface area contributed by atoms with Crippen molar-refractivity contribution < 1.29 is 9.53 Å². The molecule has 2 aliphatic heterocycles. The predicted octanol–water partition coefficient (Wildman–Crippen LogP) is 0.469. The van der Waals surface area contributed by atoms with Gasteiger partial charge in [0.2, 0.25) is 5.91 Å². The van der Waals surface area contributed by atoms with Gasteiger partial charge in [0.15, 0.2) is 0 Å². The normalized spacial score (nSPS) is 26.1. The highest BCUT2D eigenvalue weighted by Gasteiger charge is 2.37. The molecular weight excluding hydrogens is 230 g/mol. The molecule has 0 aromatic heterocycles. The average molecular weight is 251 g/mol. The lowest BCUT2D eigenvalue weighted by atomic mass is 9.94. The molecule has 18 heavy (non-hydrogen) atoms. The van der Waals surface area contributed by atoms with Gasteiger partial charge in [0.1, 0.15) is 5.41 Å². The second-order valence-corrected chi connectivity index (χ2v) is 5.58. The Morgan fingerprint density at radius 3 is 2.61 bits per heavy atom. The zero-order valence-corrected chi connectivity index (χ0v) is 11.2. The molecule has 1 amide bonds. The molecule has 0 spiro atoms. The highest BCUT2D eigenvalue weighted by atomic mass is 16.5. The largest absolute Gasteiger partial charge is 0.379 e. The SMILES string of the molecule is CC(C)(C#N)C(=O)N1CCC(N2CCOCC2)C1. The van der Waals surface area contributed by atoms with Gasteiger partial charge >= 0.3 is 0 Å². The van der Waals surface area contributed by atoms with E-state index in [1.54, 1.807) is 13.8 Å². The molecule has 100 valence electrons. The van der Waals surface area contributed by atoms with Crippen molar-refractivity contribution in [1.82, 2.24) is 9.80 Å². The van der Waals surface area contributed by atoms with Crippen LogP contribution in [0.3, 0.4) is 0 Å². The Kier molecular flexibility index (Phi) is 3.88. The van der Waals surface area contributed by atoms with Gasteiger partial charge in [-0.1, -0.05) is 0 Å². The molecule has 2 fully saturated rings. The summed E-state index contributed by atoms with van der Waals surface area (Å²) in [7, 11) is 0. The summed E-state index contributed by atoms with van der Waals surface area (Å²) in [5, 5.41) is 9.01. The Balaban J connectivity index is 1.92. The zero-order chi connectivity index (χ0) is 13.2. The van der Waals surface area contributed by atoms with E-state index in [1.165, 1.54) is 0 Å². The van der Waals surface area contributed by atoms with Gasteiger partial charge in [0, 0.05) is 32.2 Å². The maximum atomic E-state index is 12.2. The van der Waals surface area contributed by atoms with E-state index in [2.05, 4.69) is 11.0 Å². The first-order valence-electron chi connectivity index (χ1n) is 6.57. The first-order chi connectivity index (χ1) is 8.54. The van der Waals surface area contributed by atoms with Crippen LogP contribution in [0.2, 0.25) is 0 Å². The summed E-state index contributed by atoms with van der Waals surface area (Å²) in [5.74, 6) is -0.0410. The van der Waals surface area contributed by atoms with Crippen LogP contribution in [-0.2, 0) is 9.53 Å². The summed E-state index contributed by atoms with van der Waals surface area (Å²) >= 11 is 0. The lowest BCUT2D eigenvalue weighted by Crippen LogP contribution is -2.46. The zero-order valence-electron chi connectivity index (χ0n) is 11.2. The van der Waals surface area contributed by atoms with Gasteiger partial charge in [0.05, 0.1) is 19.3 Å². The summed E-state index contributed by atoms with van der Waals surface area (Å²) < 4.78 is 5.34. The molecule has 5 nitrogen and oxygen atoms in total. The quantitative estimate of drug-likeness (QED) is 0.716. The third kappa shape index (κ3) is 2.65. The van der Waals surface area contributed by atoms with Gasteiger partial charge in [0.25, 0.3) is 0 Å². The second-order valence-electron chi connectivity index (χ2n) is 5.58. The second kappa shape index (κ2) is 5.25. The third-order valence-electron chi connectivity index (χ3n) is 3.83. The number of nitriles is 1. The summed E-state index contributed by atoms with van der Waals surface area (Å²) in [4.78, 5) is 16.4. The number of rotatable bonds is 2. The monoisotopic (exact) mass is 251 g/mol. The summed E-state index contributed by atoms with van der Waals surface area (Å²) in [6, 6.07) is 2.52. The van der Waals surface area contributed by atoms with Gasteiger partial charge in [-0.2, -0.15) is 5.26 Å². The van der Waals surface area contributed by atoms with Gasteiger partial charge in [-0.15, -0.1) is 0 Å². The van der Waals surface area contributed by atoms with Crippen LogP contribution in [0.5, 0.6) is 0 Å². The van der Waals surface area contributed by atoms with E-state index in [0.717, 1.165) is 45.8 Å². The lowest BCUT2D eigenvalue weighted by molar-refractivity contribution is -0.136. The minimum atomic E-state index is -0.903. The molecule has 1 unspecified atom stereocenters. The molecule has 0 bridgehead atoms. The molecule has 0 saturated carbocycles. The molecule has 1 atom stereocenters. The molecule has 0 aromatic rings. The van der Waals surface area contributed by atoms with Crippen LogP contribution in [0.4, 0.5) is 0 Å². The van der Waals surface area contributed by atoms with Crippen LogP contribution in [0.15, 0.2) is 0 Å². The third-order valence-corrected chi connectivity index (χ3v) is 3.83. The molecule has 2 aliphatic rings. The van der Waals surface area contributed by atoms with Crippen molar-refractivity contribution in [3.63, 3.8) is 0 Å². The van der Waals surface area contributed by atoms with Crippen molar-refractivity contribution in [2.45, 2.75) is 26.3 Å².